The van der Waals surface area contributed by atoms with Crippen LogP contribution in [-0.2, 0) is 11.3 Å². The third-order valence-corrected chi connectivity index (χ3v) is 3.62. The van der Waals surface area contributed by atoms with Crippen molar-refractivity contribution in [3.63, 3.8) is 0 Å². The molecule has 1 saturated heterocycles. The highest BCUT2D eigenvalue weighted by atomic mass is 79.9. The zero-order chi connectivity index (χ0) is 12.8. The first-order valence-electron chi connectivity index (χ1n) is 6.60. The molecular weight excluding hydrogens is 292 g/mol. The van der Waals surface area contributed by atoms with Crippen LogP contribution in [0.1, 0.15) is 24.2 Å². The van der Waals surface area contributed by atoms with E-state index in [-0.39, 0.29) is 0 Å². The van der Waals surface area contributed by atoms with Gasteiger partial charge in [-0.25, -0.2) is 0 Å². The topological polar surface area (TPSA) is 25.4 Å². The summed E-state index contributed by atoms with van der Waals surface area (Å²) in [4.78, 5) is 7.02. The molecule has 18 heavy (non-hydrogen) atoms. The van der Waals surface area contributed by atoms with Crippen LogP contribution in [0.2, 0.25) is 0 Å². The summed E-state index contributed by atoms with van der Waals surface area (Å²) in [6.07, 6.45) is 2.72. The molecule has 3 nitrogen and oxygen atoms in total. The van der Waals surface area contributed by atoms with Crippen LogP contribution in [0.4, 0.5) is 0 Å². The average molecular weight is 313 g/mol. The lowest BCUT2D eigenvalue weighted by Crippen LogP contribution is -2.37. The molecule has 4 heteroatoms. The lowest BCUT2D eigenvalue weighted by Gasteiger charge is -2.31. The molecule has 0 spiro atoms. The van der Waals surface area contributed by atoms with Crippen molar-refractivity contribution in [2.24, 2.45) is 0 Å². The van der Waals surface area contributed by atoms with Crippen molar-refractivity contribution in [2.45, 2.75) is 32.4 Å². The summed E-state index contributed by atoms with van der Waals surface area (Å²) >= 11 is 3.40. The molecule has 0 unspecified atom stereocenters. The highest BCUT2D eigenvalue weighted by Crippen LogP contribution is 2.15. The van der Waals surface area contributed by atoms with Crippen LogP contribution in [-0.4, -0.2) is 41.0 Å². The molecule has 0 radical (unpaired) electrons. The number of rotatable bonds is 5. The molecule has 2 heterocycles. The highest BCUT2D eigenvalue weighted by Gasteiger charge is 2.19. The molecule has 0 aromatic carbocycles. The molecule has 0 saturated carbocycles. The summed E-state index contributed by atoms with van der Waals surface area (Å²) in [6.45, 7) is 6.06. The summed E-state index contributed by atoms with van der Waals surface area (Å²) < 4.78 is 5.76. The molecule has 0 atom stereocenters. The van der Waals surface area contributed by atoms with E-state index in [0.717, 1.165) is 50.1 Å². The smallest absolute Gasteiger partial charge is 0.0599 e. The second-order valence-corrected chi connectivity index (χ2v) is 5.60. The maximum atomic E-state index is 5.76. The summed E-state index contributed by atoms with van der Waals surface area (Å²) in [5.74, 6) is 0. The molecule has 100 valence electrons. The molecule has 1 aromatic rings. The van der Waals surface area contributed by atoms with Crippen molar-refractivity contribution in [3.8, 4) is 0 Å². The number of alkyl halides is 1. The van der Waals surface area contributed by atoms with Gasteiger partial charge in [-0.05, 0) is 31.9 Å². The number of piperidine rings is 1. The molecule has 1 aromatic heterocycles. The largest absolute Gasteiger partial charge is 0.377 e. The van der Waals surface area contributed by atoms with Gasteiger partial charge in [0.1, 0.15) is 0 Å². The van der Waals surface area contributed by atoms with Gasteiger partial charge in [0.25, 0.3) is 0 Å². The lowest BCUT2D eigenvalue weighted by atomic mass is 10.1. The minimum absolute atomic E-state index is 0.448. The van der Waals surface area contributed by atoms with Crippen LogP contribution in [0.15, 0.2) is 18.2 Å². The Morgan fingerprint density at radius 2 is 2.17 bits per heavy atom. The number of hydrogen-bond donors (Lipinski definition) is 0. The molecular formula is C14H21BrN2O. The average Bonchev–Trinajstić information content (AvgIpc) is 2.38. The number of likely N-dealkylation sites (tertiary alicyclic amines) is 1. The van der Waals surface area contributed by atoms with Gasteiger partial charge < -0.3 is 4.74 Å². The fourth-order valence-corrected chi connectivity index (χ4v) is 2.55. The van der Waals surface area contributed by atoms with E-state index in [0.29, 0.717) is 6.10 Å². The summed E-state index contributed by atoms with van der Waals surface area (Å²) in [6, 6.07) is 6.24. The Balaban J connectivity index is 1.76. The fraction of sp³-hybridized carbons (Fsp3) is 0.643. The number of aromatic nitrogens is 1. The summed E-state index contributed by atoms with van der Waals surface area (Å²) in [5.41, 5.74) is 2.28. The van der Waals surface area contributed by atoms with Crippen LogP contribution >= 0.6 is 15.9 Å². The summed E-state index contributed by atoms with van der Waals surface area (Å²) in [7, 11) is 0. The Bertz CT molecular complexity index is 365. The van der Waals surface area contributed by atoms with E-state index in [1.807, 2.05) is 13.0 Å². The van der Waals surface area contributed by atoms with Crippen molar-refractivity contribution < 1.29 is 4.74 Å². The van der Waals surface area contributed by atoms with Crippen LogP contribution < -0.4 is 0 Å². The number of aryl methyl sites for hydroxylation is 1. The molecule has 0 N–H and O–H groups in total. The molecule has 0 amide bonds. The van der Waals surface area contributed by atoms with Crippen LogP contribution in [0, 0.1) is 6.92 Å². The third-order valence-electron chi connectivity index (χ3n) is 3.30. The standard InChI is InChI=1S/C14H21BrN2O/c1-12-3-2-4-13(16-12)11-17-8-5-14(6-9-17)18-10-7-15/h2-4,14H,5-11H2,1H3. The van der Waals surface area contributed by atoms with Gasteiger partial charge >= 0.3 is 0 Å². The SMILES string of the molecule is Cc1cccc(CN2CCC(OCCBr)CC2)n1. The Kier molecular flexibility index (Phi) is 5.60. The van der Waals surface area contributed by atoms with E-state index in [4.69, 9.17) is 4.74 Å². The molecule has 1 aliphatic rings. The number of nitrogens with zero attached hydrogens (tertiary/aromatic N) is 2. The van der Waals surface area contributed by atoms with E-state index in [9.17, 15) is 0 Å². The molecule has 2 rings (SSSR count). The number of halogens is 1. The highest BCUT2D eigenvalue weighted by molar-refractivity contribution is 9.09. The van der Waals surface area contributed by atoms with Gasteiger partial charge in [-0.1, -0.05) is 22.0 Å². The van der Waals surface area contributed by atoms with Gasteiger partial charge in [-0.2, -0.15) is 0 Å². The Morgan fingerprint density at radius 3 is 2.83 bits per heavy atom. The van der Waals surface area contributed by atoms with Gasteiger partial charge in [-0.3, -0.25) is 9.88 Å². The van der Waals surface area contributed by atoms with E-state index in [1.165, 1.54) is 5.69 Å². The minimum Gasteiger partial charge on any atom is -0.377 e. The molecule has 0 aliphatic carbocycles. The van der Waals surface area contributed by atoms with Crippen molar-refractivity contribution in [1.82, 2.24) is 9.88 Å². The molecule has 1 aliphatic heterocycles. The van der Waals surface area contributed by atoms with Crippen molar-refractivity contribution in [3.05, 3.63) is 29.6 Å². The Morgan fingerprint density at radius 1 is 1.39 bits per heavy atom. The second kappa shape index (κ2) is 7.22. The number of pyridine rings is 1. The van der Waals surface area contributed by atoms with Crippen LogP contribution in [0.5, 0.6) is 0 Å². The van der Waals surface area contributed by atoms with E-state index < -0.39 is 0 Å². The maximum Gasteiger partial charge on any atom is 0.0599 e. The van der Waals surface area contributed by atoms with E-state index >= 15 is 0 Å². The first-order valence-corrected chi connectivity index (χ1v) is 7.72. The maximum absolute atomic E-state index is 5.76. The van der Waals surface area contributed by atoms with Crippen LogP contribution in [0.3, 0.4) is 0 Å². The van der Waals surface area contributed by atoms with Gasteiger partial charge in [0.15, 0.2) is 0 Å². The summed E-state index contributed by atoms with van der Waals surface area (Å²) in [5, 5.41) is 0.931. The third kappa shape index (κ3) is 4.34. The lowest BCUT2D eigenvalue weighted by molar-refractivity contribution is 0.0139. The van der Waals surface area contributed by atoms with Gasteiger partial charge in [0.05, 0.1) is 18.4 Å². The Labute approximate surface area is 118 Å². The fourth-order valence-electron chi connectivity index (χ4n) is 2.36. The van der Waals surface area contributed by atoms with Crippen molar-refractivity contribution in [2.75, 3.05) is 25.0 Å². The molecule has 0 bridgehead atoms. The van der Waals surface area contributed by atoms with Crippen molar-refractivity contribution in [1.29, 1.82) is 0 Å². The first-order chi connectivity index (χ1) is 8.78. The second-order valence-electron chi connectivity index (χ2n) is 4.81. The monoisotopic (exact) mass is 312 g/mol. The predicted molar refractivity (Wildman–Crippen MR) is 77.0 cm³/mol. The van der Waals surface area contributed by atoms with Gasteiger partial charge in [-0.15, -0.1) is 0 Å². The van der Waals surface area contributed by atoms with E-state index in [2.05, 4.69) is 37.9 Å². The van der Waals surface area contributed by atoms with Crippen molar-refractivity contribution >= 4 is 15.9 Å². The quantitative estimate of drug-likeness (QED) is 0.782. The number of hydrogen-bond acceptors (Lipinski definition) is 3. The predicted octanol–water partition coefficient (Wildman–Crippen LogP) is 2.77. The van der Waals surface area contributed by atoms with Crippen LogP contribution in [0.25, 0.3) is 0 Å². The zero-order valence-corrected chi connectivity index (χ0v) is 12.5. The first kappa shape index (κ1) is 14.0. The zero-order valence-electron chi connectivity index (χ0n) is 10.9. The Hall–Kier alpha value is -0.450. The van der Waals surface area contributed by atoms with Gasteiger partial charge in [0.2, 0.25) is 0 Å². The minimum atomic E-state index is 0.448. The normalized spacial score (nSPS) is 18.1. The van der Waals surface area contributed by atoms with E-state index in [1.54, 1.807) is 0 Å². The van der Waals surface area contributed by atoms with Gasteiger partial charge in [0, 0.05) is 30.7 Å². The molecule has 1 fully saturated rings. The number of ether oxygens (including phenoxy) is 1.